The second-order valence-electron chi connectivity index (χ2n) is 5.22. The predicted octanol–water partition coefficient (Wildman–Crippen LogP) is 3.51. The first-order valence-electron chi connectivity index (χ1n) is 7.12. The third-order valence-corrected chi connectivity index (χ3v) is 3.90. The maximum Gasteiger partial charge on any atom is 0.115 e. The standard InChI is InChI=1S/C16H19N3/c1-12-13-8-4-2-3-5-9-14(13)16(19-18-12)15-10-6-7-11-17-15/h6-7,10-11H,2-5,8-9H2,1H3. The van der Waals surface area contributed by atoms with Gasteiger partial charge in [0, 0.05) is 6.20 Å². The SMILES string of the molecule is Cc1nnc(-c2ccccn2)c2c1CCCCCC2. The third-order valence-electron chi connectivity index (χ3n) is 3.90. The second kappa shape index (κ2) is 5.47. The number of aryl methyl sites for hydroxylation is 1. The Labute approximate surface area is 114 Å². The van der Waals surface area contributed by atoms with Gasteiger partial charge in [-0.15, -0.1) is 5.10 Å². The summed E-state index contributed by atoms with van der Waals surface area (Å²) in [4.78, 5) is 4.44. The van der Waals surface area contributed by atoms with Gasteiger partial charge in [0.2, 0.25) is 0 Å². The van der Waals surface area contributed by atoms with Crippen molar-refractivity contribution >= 4 is 0 Å². The van der Waals surface area contributed by atoms with Gasteiger partial charge in [-0.2, -0.15) is 5.10 Å². The molecule has 1 aliphatic rings. The van der Waals surface area contributed by atoms with Crippen molar-refractivity contribution in [3.8, 4) is 11.4 Å². The number of hydrogen-bond donors (Lipinski definition) is 0. The Bertz CT molecular complexity index is 564. The highest BCUT2D eigenvalue weighted by Gasteiger charge is 2.17. The van der Waals surface area contributed by atoms with Gasteiger partial charge < -0.3 is 0 Å². The zero-order valence-corrected chi connectivity index (χ0v) is 11.4. The van der Waals surface area contributed by atoms with Crippen LogP contribution < -0.4 is 0 Å². The Morgan fingerprint density at radius 3 is 2.42 bits per heavy atom. The molecule has 0 radical (unpaired) electrons. The Morgan fingerprint density at radius 1 is 0.895 bits per heavy atom. The molecule has 2 heterocycles. The molecule has 0 spiro atoms. The smallest absolute Gasteiger partial charge is 0.115 e. The molecule has 3 rings (SSSR count). The van der Waals surface area contributed by atoms with Crippen LogP contribution in [0.5, 0.6) is 0 Å². The van der Waals surface area contributed by atoms with E-state index < -0.39 is 0 Å². The zero-order valence-electron chi connectivity index (χ0n) is 11.4. The topological polar surface area (TPSA) is 38.7 Å². The fourth-order valence-electron chi connectivity index (χ4n) is 2.87. The second-order valence-corrected chi connectivity index (χ2v) is 5.22. The van der Waals surface area contributed by atoms with Crippen molar-refractivity contribution in [3.05, 3.63) is 41.2 Å². The van der Waals surface area contributed by atoms with E-state index in [9.17, 15) is 0 Å². The van der Waals surface area contributed by atoms with Crippen molar-refractivity contribution in [2.24, 2.45) is 0 Å². The number of aromatic nitrogens is 3. The molecule has 0 fully saturated rings. The highest BCUT2D eigenvalue weighted by molar-refractivity contribution is 5.60. The van der Waals surface area contributed by atoms with E-state index in [2.05, 4.69) is 22.1 Å². The lowest BCUT2D eigenvalue weighted by Gasteiger charge is -2.17. The number of hydrogen-bond acceptors (Lipinski definition) is 3. The van der Waals surface area contributed by atoms with Crippen LogP contribution in [0.25, 0.3) is 11.4 Å². The monoisotopic (exact) mass is 253 g/mol. The average molecular weight is 253 g/mol. The molecule has 0 N–H and O–H groups in total. The maximum atomic E-state index is 4.44. The summed E-state index contributed by atoms with van der Waals surface area (Å²) < 4.78 is 0. The summed E-state index contributed by atoms with van der Waals surface area (Å²) in [5.41, 5.74) is 5.83. The van der Waals surface area contributed by atoms with Crippen molar-refractivity contribution in [1.29, 1.82) is 0 Å². The molecule has 2 aromatic heterocycles. The first-order chi connectivity index (χ1) is 9.36. The van der Waals surface area contributed by atoms with Crippen LogP contribution in [0.2, 0.25) is 0 Å². The Kier molecular flexibility index (Phi) is 3.53. The summed E-state index contributed by atoms with van der Waals surface area (Å²) in [5, 5.41) is 8.77. The van der Waals surface area contributed by atoms with E-state index in [1.807, 2.05) is 24.4 Å². The number of pyridine rings is 1. The zero-order chi connectivity index (χ0) is 13.1. The van der Waals surface area contributed by atoms with E-state index in [0.717, 1.165) is 29.9 Å². The average Bonchev–Trinajstić information content (AvgIpc) is 2.41. The Hall–Kier alpha value is -1.77. The molecule has 0 saturated heterocycles. The molecule has 98 valence electrons. The highest BCUT2D eigenvalue weighted by atomic mass is 15.1. The van der Waals surface area contributed by atoms with Gasteiger partial charge >= 0.3 is 0 Å². The lowest BCUT2D eigenvalue weighted by Crippen LogP contribution is -2.08. The largest absolute Gasteiger partial charge is 0.255 e. The molecule has 0 bridgehead atoms. The maximum absolute atomic E-state index is 4.44. The minimum absolute atomic E-state index is 0.951. The minimum Gasteiger partial charge on any atom is -0.255 e. The molecule has 0 unspecified atom stereocenters. The molecule has 0 saturated carbocycles. The number of nitrogens with zero attached hydrogens (tertiary/aromatic N) is 3. The lowest BCUT2D eigenvalue weighted by molar-refractivity contribution is 0.610. The van der Waals surface area contributed by atoms with Crippen LogP contribution in [0, 0.1) is 6.92 Å². The molecule has 0 atom stereocenters. The number of rotatable bonds is 1. The first-order valence-corrected chi connectivity index (χ1v) is 7.12. The summed E-state index contributed by atoms with van der Waals surface area (Å²) >= 11 is 0. The molecule has 19 heavy (non-hydrogen) atoms. The van der Waals surface area contributed by atoms with Crippen LogP contribution in [0.3, 0.4) is 0 Å². The van der Waals surface area contributed by atoms with Crippen molar-refractivity contribution in [3.63, 3.8) is 0 Å². The van der Waals surface area contributed by atoms with Crippen molar-refractivity contribution in [1.82, 2.24) is 15.2 Å². The van der Waals surface area contributed by atoms with Gasteiger partial charge in [0.25, 0.3) is 0 Å². The van der Waals surface area contributed by atoms with Gasteiger partial charge in [0.1, 0.15) is 5.69 Å². The van der Waals surface area contributed by atoms with E-state index in [-0.39, 0.29) is 0 Å². The summed E-state index contributed by atoms with van der Waals surface area (Å²) in [7, 11) is 0. The fourth-order valence-corrected chi connectivity index (χ4v) is 2.87. The molecular formula is C16H19N3. The highest BCUT2D eigenvalue weighted by Crippen LogP contribution is 2.28. The van der Waals surface area contributed by atoms with E-state index in [0.29, 0.717) is 0 Å². The summed E-state index contributed by atoms with van der Waals surface area (Å²) in [5.74, 6) is 0. The van der Waals surface area contributed by atoms with Crippen LogP contribution in [0.4, 0.5) is 0 Å². The van der Waals surface area contributed by atoms with Crippen molar-refractivity contribution in [2.75, 3.05) is 0 Å². The van der Waals surface area contributed by atoms with E-state index >= 15 is 0 Å². The molecule has 1 aliphatic carbocycles. The van der Waals surface area contributed by atoms with Gasteiger partial charge in [-0.05, 0) is 55.9 Å². The molecule has 3 heteroatoms. The molecule has 3 nitrogen and oxygen atoms in total. The van der Waals surface area contributed by atoms with Gasteiger partial charge in [0.15, 0.2) is 0 Å². The normalized spacial score (nSPS) is 15.4. The Morgan fingerprint density at radius 2 is 1.68 bits per heavy atom. The van der Waals surface area contributed by atoms with Crippen LogP contribution in [0.1, 0.15) is 42.5 Å². The molecule has 0 aromatic carbocycles. The lowest BCUT2D eigenvalue weighted by atomic mass is 9.91. The minimum atomic E-state index is 0.951. The number of fused-ring (bicyclic) bond motifs is 1. The van der Waals surface area contributed by atoms with Crippen LogP contribution in [-0.2, 0) is 12.8 Å². The molecule has 0 aliphatic heterocycles. The first kappa shape index (κ1) is 12.3. The summed E-state index contributed by atoms with van der Waals surface area (Å²) in [6, 6.07) is 5.98. The van der Waals surface area contributed by atoms with Gasteiger partial charge in [-0.1, -0.05) is 18.9 Å². The fraction of sp³-hybridized carbons (Fsp3) is 0.438. The summed E-state index contributed by atoms with van der Waals surface area (Å²) in [6.45, 7) is 2.08. The van der Waals surface area contributed by atoms with Crippen LogP contribution >= 0.6 is 0 Å². The molecular weight excluding hydrogens is 234 g/mol. The molecule has 0 amide bonds. The van der Waals surface area contributed by atoms with Gasteiger partial charge in [-0.3, -0.25) is 4.98 Å². The van der Waals surface area contributed by atoms with E-state index in [4.69, 9.17) is 0 Å². The van der Waals surface area contributed by atoms with Crippen molar-refractivity contribution < 1.29 is 0 Å². The third kappa shape index (κ3) is 2.50. The predicted molar refractivity (Wildman–Crippen MR) is 75.9 cm³/mol. The summed E-state index contributed by atoms with van der Waals surface area (Å²) in [6.07, 6.45) is 9.24. The van der Waals surface area contributed by atoms with Gasteiger partial charge in [-0.25, -0.2) is 0 Å². The van der Waals surface area contributed by atoms with Crippen LogP contribution in [0.15, 0.2) is 24.4 Å². The van der Waals surface area contributed by atoms with Crippen LogP contribution in [-0.4, -0.2) is 15.2 Å². The quantitative estimate of drug-likeness (QED) is 0.780. The van der Waals surface area contributed by atoms with Gasteiger partial charge in [0.05, 0.1) is 11.4 Å². The van der Waals surface area contributed by atoms with E-state index in [1.165, 1.54) is 36.8 Å². The van der Waals surface area contributed by atoms with E-state index in [1.54, 1.807) is 0 Å². The Balaban J connectivity index is 2.12. The van der Waals surface area contributed by atoms with Crippen molar-refractivity contribution in [2.45, 2.75) is 45.4 Å². The molecule has 2 aromatic rings.